The molecule has 0 bridgehead atoms. The Morgan fingerprint density at radius 1 is 0.721 bits per heavy atom. The van der Waals surface area contributed by atoms with Gasteiger partial charge in [-0.05, 0) is 60.1 Å². The summed E-state index contributed by atoms with van der Waals surface area (Å²) in [5.41, 5.74) is 5.20. The minimum Gasteiger partial charge on any atom is -0.426 e. The van der Waals surface area contributed by atoms with Crippen molar-refractivity contribution in [2.75, 3.05) is 10.6 Å². The maximum absolute atomic E-state index is 11.7. The van der Waals surface area contributed by atoms with Gasteiger partial charge in [0.2, 0.25) is 5.95 Å². The molecule has 4 rings (SSSR count). The van der Waals surface area contributed by atoms with Crippen LogP contribution in [-0.2, 0) is 20.4 Å². The molecule has 228 valence electrons. The fourth-order valence-electron chi connectivity index (χ4n) is 4.38. The predicted molar refractivity (Wildman–Crippen MR) is 170 cm³/mol. The molecular formula is C33H42N6O4. The zero-order valence-corrected chi connectivity index (χ0v) is 26.7. The van der Waals surface area contributed by atoms with Gasteiger partial charge >= 0.3 is 11.9 Å². The number of nitrogens with one attached hydrogen (secondary N) is 3. The van der Waals surface area contributed by atoms with Crippen molar-refractivity contribution in [1.82, 2.24) is 19.9 Å². The van der Waals surface area contributed by atoms with Crippen LogP contribution in [0.5, 0.6) is 11.5 Å². The summed E-state index contributed by atoms with van der Waals surface area (Å²) in [4.78, 5) is 38.1. The summed E-state index contributed by atoms with van der Waals surface area (Å²) >= 11 is 0. The maximum atomic E-state index is 11.7. The monoisotopic (exact) mass is 586 g/mol. The molecule has 0 unspecified atom stereocenters. The first-order valence-corrected chi connectivity index (χ1v) is 14.0. The van der Waals surface area contributed by atoms with Gasteiger partial charge in [-0.3, -0.25) is 14.6 Å². The van der Waals surface area contributed by atoms with Crippen LogP contribution in [0.4, 0.5) is 23.1 Å². The first kappa shape index (κ1) is 32.8. The standard InChI is InChI=1S/C19H27N3O2.C14H15N3O2/c1-12(23)24-16-14(18(2,3)4)10-13(11-15(16)19(5,6)7)22-17-20-8-9-21-17;1-9-6-12(17-13-8-15-4-5-16-13)7-10(2)14(9)19-11(3)18/h8-11H,1-7H3,(H2,20,21,22);4-8H,1-3H3,(H,16,17). The number of H-pyrrole nitrogens is 1. The van der Waals surface area contributed by atoms with E-state index >= 15 is 0 Å². The van der Waals surface area contributed by atoms with Crippen molar-refractivity contribution < 1.29 is 19.1 Å². The molecule has 0 amide bonds. The molecule has 0 fully saturated rings. The van der Waals surface area contributed by atoms with E-state index in [-0.39, 0.29) is 22.8 Å². The van der Waals surface area contributed by atoms with Crippen LogP contribution in [0.3, 0.4) is 0 Å². The Bertz CT molecular complexity index is 1490. The Morgan fingerprint density at radius 3 is 1.70 bits per heavy atom. The molecule has 2 aromatic carbocycles. The highest BCUT2D eigenvalue weighted by molar-refractivity contribution is 5.73. The number of benzene rings is 2. The Labute approximate surface area is 253 Å². The van der Waals surface area contributed by atoms with Crippen molar-refractivity contribution in [1.29, 1.82) is 0 Å². The van der Waals surface area contributed by atoms with Crippen LogP contribution in [-0.4, -0.2) is 31.9 Å². The third kappa shape index (κ3) is 9.39. The smallest absolute Gasteiger partial charge is 0.308 e. The predicted octanol–water partition coefficient (Wildman–Crippen LogP) is 7.44. The number of hydrogen-bond acceptors (Lipinski definition) is 9. The van der Waals surface area contributed by atoms with Crippen molar-refractivity contribution in [3.8, 4) is 11.5 Å². The maximum Gasteiger partial charge on any atom is 0.308 e. The summed E-state index contributed by atoms with van der Waals surface area (Å²) < 4.78 is 10.8. The third-order valence-corrected chi connectivity index (χ3v) is 6.25. The van der Waals surface area contributed by atoms with Crippen molar-refractivity contribution in [3.63, 3.8) is 0 Å². The number of aromatic nitrogens is 4. The summed E-state index contributed by atoms with van der Waals surface area (Å²) in [7, 11) is 0. The van der Waals surface area contributed by atoms with Gasteiger partial charge in [-0.1, -0.05) is 41.5 Å². The molecule has 0 saturated heterocycles. The van der Waals surface area contributed by atoms with Crippen LogP contribution in [0.2, 0.25) is 0 Å². The van der Waals surface area contributed by atoms with Gasteiger partial charge in [-0.2, -0.15) is 0 Å². The van der Waals surface area contributed by atoms with Crippen molar-refractivity contribution >= 4 is 35.1 Å². The average Bonchev–Trinajstić information content (AvgIpc) is 3.39. The van der Waals surface area contributed by atoms with Crippen molar-refractivity contribution in [2.45, 2.75) is 80.1 Å². The fourth-order valence-corrected chi connectivity index (χ4v) is 4.38. The summed E-state index contributed by atoms with van der Waals surface area (Å²) in [5.74, 6) is 1.99. The van der Waals surface area contributed by atoms with E-state index in [1.165, 1.54) is 13.8 Å². The van der Waals surface area contributed by atoms with Gasteiger partial charge in [-0.15, -0.1) is 0 Å². The molecule has 0 spiro atoms. The Hall–Kier alpha value is -4.73. The lowest BCUT2D eigenvalue weighted by Crippen LogP contribution is -2.21. The molecule has 4 aromatic rings. The quantitative estimate of drug-likeness (QED) is 0.156. The molecule has 2 heterocycles. The molecule has 0 atom stereocenters. The third-order valence-electron chi connectivity index (χ3n) is 6.25. The molecule has 0 aliphatic heterocycles. The Kier molecular flexibility index (Phi) is 10.3. The lowest BCUT2D eigenvalue weighted by atomic mass is 9.79. The summed E-state index contributed by atoms with van der Waals surface area (Å²) in [5, 5.41) is 6.43. The molecular weight excluding hydrogens is 544 g/mol. The van der Waals surface area contributed by atoms with Crippen LogP contribution in [0.25, 0.3) is 0 Å². The number of ether oxygens (including phenoxy) is 2. The summed E-state index contributed by atoms with van der Waals surface area (Å²) in [6.45, 7) is 19.3. The number of rotatable bonds is 6. The molecule has 10 heteroatoms. The molecule has 10 nitrogen and oxygen atoms in total. The average molecular weight is 587 g/mol. The van der Waals surface area contributed by atoms with E-state index in [0.29, 0.717) is 23.3 Å². The minimum absolute atomic E-state index is 0.175. The van der Waals surface area contributed by atoms with E-state index in [0.717, 1.165) is 33.6 Å². The molecule has 0 saturated carbocycles. The zero-order chi connectivity index (χ0) is 31.9. The molecule has 43 heavy (non-hydrogen) atoms. The largest absolute Gasteiger partial charge is 0.426 e. The summed E-state index contributed by atoms with van der Waals surface area (Å²) in [6, 6.07) is 7.85. The van der Waals surface area contributed by atoms with Gasteiger partial charge in [0.05, 0.1) is 6.20 Å². The van der Waals surface area contributed by atoms with E-state index in [2.05, 4.69) is 72.1 Å². The normalized spacial score (nSPS) is 11.2. The van der Waals surface area contributed by atoms with Gasteiger partial charge in [0.1, 0.15) is 17.3 Å². The second-order valence-corrected chi connectivity index (χ2v) is 12.3. The SMILES string of the molecule is CC(=O)Oc1c(C(C)(C)C)cc(Nc2ncc[nH]2)cc1C(C)(C)C.CC(=O)Oc1c(C)cc(Nc2cnccn2)cc1C. The first-order chi connectivity index (χ1) is 20.0. The molecule has 0 aliphatic rings. The van der Waals surface area contributed by atoms with E-state index < -0.39 is 0 Å². The number of aryl methyl sites for hydroxylation is 2. The van der Waals surface area contributed by atoms with Crippen LogP contribution >= 0.6 is 0 Å². The van der Waals surface area contributed by atoms with E-state index in [9.17, 15) is 9.59 Å². The first-order valence-electron chi connectivity index (χ1n) is 14.0. The second-order valence-electron chi connectivity index (χ2n) is 12.3. The molecule has 3 N–H and O–H groups in total. The van der Waals surface area contributed by atoms with Gasteiger partial charge in [0, 0.05) is 61.1 Å². The number of aromatic amines is 1. The molecule has 2 aromatic heterocycles. The number of esters is 2. The second kappa shape index (κ2) is 13.5. The van der Waals surface area contributed by atoms with Crippen molar-refractivity contribution in [2.24, 2.45) is 0 Å². The topological polar surface area (TPSA) is 131 Å². The minimum atomic E-state index is -0.319. The van der Waals surface area contributed by atoms with Crippen LogP contribution < -0.4 is 20.1 Å². The highest BCUT2D eigenvalue weighted by Crippen LogP contribution is 2.42. The number of hydrogen-bond donors (Lipinski definition) is 3. The number of anilines is 4. The van der Waals surface area contributed by atoms with E-state index in [1.807, 2.05) is 38.1 Å². The molecule has 0 aliphatic carbocycles. The number of nitrogens with zero attached hydrogens (tertiary/aromatic N) is 3. The van der Waals surface area contributed by atoms with Crippen LogP contribution in [0.1, 0.15) is 77.6 Å². The molecule has 0 radical (unpaired) electrons. The lowest BCUT2D eigenvalue weighted by molar-refractivity contribution is -0.133. The van der Waals surface area contributed by atoms with Gasteiger partial charge in [0.25, 0.3) is 0 Å². The lowest BCUT2D eigenvalue weighted by Gasteiger charge is -2.30. The number of carbonyl (C=O) groups excluding carboxylic acids is 2. The summed E-state index contributed by atoms with van der Waals surface area (Å²) in [6.07, 6.45) is 8.35. The number of imidazole rings is 1. The van der Waals surface area contributed by atoms with E-state index in [4.69, 9.17) is 9.47 Å². The van der Waals surface area contributed by atoms with Crippen molar-refractivity contribution in [3.05, 3.63) is 77.5 Å². The Balaban J connectivity index is 0.000000242. The van der Waals surface area contributed by atoms with Gasteiger partial charge in [-0.25, -0.2) is 9.97 Å². The van der Waals surface area contributed by atoms with Crippen LogP contribution in [0.15, 0.2) is 55.2 Å². The van der Waals surface area contributed by atoms with E-state index in [1.54, 1.807) is 31.0 Å². The fraction of sp³-hybridized carbons (Fsp3) is 0.364. The Morgan fingerprint density at radius 2 is 1.26 bits per heavy atom. The van der Waals surface area contributed by atoms with Crippen LogP contribution in [0, 0.1) is 13.8 Å². The zero-order valence-electron chi connectivity index (χ0n) is 26.7. The van der Waals surface area contributed by atoms with Gasteiger partial charge in [0.15, 0.2) is 0 Å². The number of carbonyl (C=O) groups is 2. The highest BCUT2D eigenvalue weighted by atomic mass is 16.5. The van der Waals surface area contributed by atoms with Gasteiger partial charge < -0.3 is 25.1 Å². The highest BCUT2D eigenvalue weighted by Gasteiger charge is 2.29.